The van der Waals surface area contributed by atoms with Crippen LogP contribution in [0.1, 0.15) is 24.0 Å². The van der Waals surface area contributed by atoms with Gasteiger partial charge in [0.2, 0.25) is 0 Å². The molecular weight excluding hydrogens is 474 g/mol. The summed E-state index contributed by atoms with van der Waals surface area (Å²) in [5, 5.41) is 6.36. The molecule has 5 nitrogen and oxygen atoms in total. The molecule has 1 aromatic carbocycles. The van der Waals surface area contributed by atoms with Crippen LogP contribution in [0.5, 0.6) is 0 Å². The van der Waals surface area contributed by atoms with E-state index in [9.17, 15) is 13.2 Å². The van der Waals surface area contributed by atoms with Gasteiger partial charge in [0, 0.05) is 26.7 Å². The number of nitrogens with one attached hydrogen (secondary N) is 2. The second-order valence-electron chi connectivity index (χ2n) is 6.30. The molecule has 1 saturated carbocycles. The first-order valence-electron chi connectivity index (χ1n) is 8.71. The Labute approximate surface area is 175 Å². The molecule has 1 fully saturated rings. The summed E-state index contributed by atoms with van der Waals surface area (Å²) < 4.78 is 46.3. The molecule has 0 aromatic heterocycles. The van der Waals surface area contributed by atoms with Gasteiger partial charge in [-0.15, -0.1) is 24.0 Å². The first-order chi connectivity index (χ1) is 12.5. The van der Waals surface area contributed by atoms with Crippen LogP contribution in [0.3, 0.4) is 0 Å². The fourth-order valence-corrected chi connectivity index (χ4v) is 2.22. The van der Waals surface area contributed by atoms with Crippen LogP contribution in [0, 0.1) is 5.92 Å². The number of hydrogen-bond acceptors (Lipinski definition) is 3. The van der Waals surface area contributed by atoms with Gasteiger partial charge in [-0.2, -0.15) is 13.2 Å². The van der Waals surface area contributed by atoms with E-state index in [1.807, 2.05) is 12.1 Å². The molecule has 0 heterocycles. The molecule has 1 aromatic rings. The summed E-state index contributed by atoms with van der Waals surface area (Å²) >= 11 is 0. The van der Waals surface area contributed by atoms with Crippen molar-refractivity contribution in [3.05, 3.63) is 35.4 Å². The molecule has 0 radical (unpaired) electrons. The van der Waals surface area contributed by atoms with Gasteiger partial charge in [-0.1, -0.05) is 24.3 Å². The van der Waals surface area contributed by atoms with E-state index in [1.54, 1.807) is 19.2 Å². The molecule has 27 heavy (non-hydrogen) atoms. The number of aliphatic imine (C=N–C) groups is 1. The maximum Gasteiger partial charge on any atom is 0.411 e. The second-order valence-corrected chi connectivity index (χ2v) is 6.30. The van der Waals surface area contributed by atoms with Gasteiger partial charge in [-0.3, -0.25) is 4.99 Å². The monoisotopic (exact) mass is 501 g/mol. The molecule has 0 amide bonds. The Balaban J connectivity index is 0.00000364. The Bertz CT molecular complexity index is 564. The average Bonchev–Trinajstić information content (AvgIpc) is 3.42. The molecule has 0 spiro atoms. The Morgan fingerprint density at radius 3 is 2.37 bits per heavy atom. The van der Waals surface area contributed by atoms with Crippen molar-refractivity contribution in [3.8, 4) is 0 Å². The third-order valence-electron chi connectivity index (χ3n) is 3.83. The second kappa shape index (κ2) is 12.4. The molecule has 2 rings (SSSR count). The first kappa shape index (κ1) is 24.0. The summed E-state index contributed by atoms with van der Waals surface area (Å²) in [5.41, 5.74) is 1.70. The minimum atomic E-state index is -4.30. The zero-order valence-electron chi connectivity index (χ0n) is 15.3. The number of rotatable bonds is 10. The van der Waals surface area contributed by atoms with E-state index in [-0.39, 0.29) is 30.6 Å². The molecule has 1 aliphatic rings. The standard InChI is InChI=1S/C18H26F3N3O2.HI/c1-22-17(23-8-9-25-11-15-6-7-15)24-10-14-2-4-16(5-3-14)12-26-13-18(19,20)21;/h2-5,15H,6-13H2,1H3,(H2,22,23,24);1H. The maximum absolute atomic E-state index is 12.0. The zero-order chi connectivity index (χ0) is 18.8. The number of benzene rings is 1. The molecule has 154 valence electrons. The zero-order valence-corrected chi connectivity index (χ0v) is 17.7. The van der Waals surface area contributed by atoms with E-state index in [1.165, 1.54) is 12.8 Å². The molecular formula is C18H27F3IN3O2. The highest BCUT2D eigenvalue weighted by Gasteiger charge is 2.27. The van der Waals surface area contributed by atoms with Crippen molar-refractivity contribution in [2.45, 2.75) is 32.2 Å². The SMILES string of the molecule is CN=C(NCCOCC1CC1)NCc1ccc(COCC(F)(F)F)cc1.I. The molecule has 2 N–H and O–H groups in total. The lowest BCUT2D eigenvalue weighted by molar-refractivity contribution is -0.176. The lowest BCUT2D eigenvalue weighted by Crippen LogP contribution is -2.38. The largest absolute Gasteiger partial charge is 0.411 e. The van der Waals surface area contributed by atoms with E-state index in [0.717, 1.165) is 18.1 Å². The van der Waals surface area contributed by atoms with Crippen molar-refractivity contribution in [1.82, 2.24) is 10.6 Å². The van der Waals surface area contributed by atoms with Crippen LogP contribution >= 0.6 is 24.0 Å². The van der Waals surface area contributed by atoms with Gasteiger partial charge in [0.25, 0.3) is 0 Å². The van der Waals surface area contributed by atoms with Gasteiger partial charge in [0.1, 0.15) is 6.61 Å². The van der Waals surface area contributed by atoms with Crippen LogP contribution in [0.2, 0.25) is 0 Å². The van der Waals surface area contributed by atoms with Crippen molar-refractivity contribution in [2.24, 2.45) is 10.9 Å². The predicted molar refractivity (Wildman–Crippen MR) is 109 cm³/mol. The van der Waals surface area contributed by atoms with Gasteiger partial charge < -0.3 is 20.1 Å². The van der Waals surface area contributed by atoms with Crippen LogP contribution in [-0.4, -0.2) is 45.5 Å². The van der Waals surface area contributed by atoms with Gasteiger partial charge >= 0.3 is 6.18 Å². The minimum absolute atomic E-state index is 0. The smallest absolute Gasteiger partial charge is 0.379 e. The fraction of sp³-hybridized carbons (Fsp3) is 0.611. The number of alkyl halides is 3. The van der Waals surface area contributed by atoms with Crippen LogP contribution in [-0.2, 0) is 22.6 Å². The lowest BCUT2D eigenvalue weighted by atomic mass is 10.1. The summed E-state index contributed by atoms with van der Waals surface area (Å²) in [6.45, 7) is 1.44. The Hall–Kier alpha value is -1.07. The molecule has 1 aliphatic carbocycles. The molecule has 0 atom stereocenters. The van der Waals surface area contributed by atoms with Crippen molar-refractivity contribution in [3.63, 3.8) is 0 Å². The Kier molecular flexibility index (Phi) is 11.0. The molecule has 9 heteroatoms. The number of nitrogens with zero attached hydrogens (tertiary/aromatic N) is 1. The number of halogens is 4. The van der Waals surface area contributed by atoms with Gasteiger partial charge in [0.05, 0.1) is 13.2 Å². The van der Waals surface area contributed by atoms with E-state index in [2.05, 4.69) is 20.4 Å². The Morgan fingerprint density at radius 2 is 1.78 bits per heavy atom. The number of ether oxygens (including phenoxy) is 2. The highest BCUT2D eigenvalue weighted by atomic mass is 127. The number of guanidine groups is 1. The summed E-state index contributed by atoms with van der Waals surface area (Å²) in [6.07, 6.45) is -1.73. The van der Waals surface area contributed by atoms with Gasteiger partial charge in [0.15, 0.2) is 5.96 Å². The third-order valence-corrected chi connectivity index (χ3v) is 3.83. The number of hydrogen-bond donors (Lipinski definition) is 2. The van der Waals surface area contributed by atoms with Gasteiger partial charge in [-0.05, 0) is 29.9 Å². The normalized spacial score (nSPS) is 14.6. The topological polar surface area (TPSA) is 54.9 Å². The minimum Gasteiger partial charge on any atom is -0.379 e. The summed E-state index contributed by atoms with van der Waals surface area (Å²) in [7, 11) is 1.70. The molecule has 0 unspecified atom stereocenters. The van der Waals surface area contributed by atoms with Crippen molar-refractivity contribution < 1.29 is 22.6 Å². The van der Waals surface area contributed by atoms with E-state index >= 15 is 0 Å². The van der Waals surface area contributed by atoms with E-state index in [0.29, 0.717) is 31.2 Å². The van der Waals surface area contributed by atoms with E-state index in [4.69, 9.17) is 4.74 Å². The van der Waals surface area contributed by atoms with Crippen molar-refractivity contribution in [2.75, 3.05) is 33.4 Å². The fourth-order valence-electron chi connectivity index (χ4n) is 2.22. The average molecular weight is 501 g/mol. The van der Waals surface area contributed by atoms with Crippen LogP contribution in [0.4, 0.5) is 13.2 Å². The maximum atomic E-state index is 12.0. The van der Waals surface area contributed by atoms with Crippen LogP contribution < -0.4 is 10.6 Å². The van der Waals surface area contributed by atoms with Crippen LogP contribution in [0.25, 0.3) is 0 Å². The predicted octanol–water partition coefficient (Wildman–Crippen LogP) is 3.48. The molecule has 0 aliphatic heterocycles. The summed E-state index contributed by atoms with van der Waals surface area (Å²) in [5.74, 6) is 1.44. The van der Waals surface area contributed by atoms with Gasteiger partial charge in [-0.25, -0.2) is 0 Å². The lowest BCUT2D eigenvalue weighted by Gasteiger charge is -2.12. The van der Waals surface area contributed by atoms with Crippen molar-refractivity contribution >= 4 is 29.9 Å². The first-order valence-corrected chi connectivity index (χ1v) is 8.71. The summed E-state index contributed by atoms with van der Waals surface area (Å²) in [6, 6.07) is 7.22. The molecule has 0 saturated heterocycles. The van der Waals surface area contributed by atoms with Crippen molar-refractivity contribution in [1.29, 1.82) is 0 Å². The summed E-state index contributed by atoms with van der Waals surface area (Å²) in [4.78, 5) is 4.14. The van der Waals surface area contributed by atoms with E-state index < -0.39 is 12.8 Å². The van der Waals surface area contributed by atoms with Crippen LogP contribution in [0.15, 0.2) is 29.3 Å². The highest BCUT2D eigenvalue weighted by molar-refractivity contribution is 14.0. The Morgan fingerprint density at radius 1 is 1.11 bits per heavy atom. The quantitative estimate of drug-likeness (QED) is 0.223. The third kappa shape index (κ3) is 11.4. The molecule has 0 bridgehead atoms. The highest BCUT2D eigenvalue weighted by Crippen LogP contribution is 2.28.